The molecular weight excluding hydrogens is 231 g/mol. The van der Waals surface area contributed by atoms with Crippen LogP contribution in [0.5, 0.6) is 0 Å². The maximum absolute atomic E-state index is 13.9. The molecule has 0 spiro atoms. The molecule has 3 nitrogen and oxygen atoms in total. The quantitative estimate of drug-likeness (QED) is 0.808. The molecule has 4 heteroatoms. The van der Waals surface area contributed by atoms with Gasteiger partial charge < -0.3 is 15.0 Å². The van der Waals surface area contributed by atoms with E-state index in [0.29, 0.717) is 31.4 Å². The third kappa shape index (κ3) is 4.63. The normalized spacial score (nSPS) is 11.0. The zero-order valence-electron chi connectivity index (χ0n) is 11.7. The Morgan fingerprint density at radius 1 is 1.39 bits per heavy atom. The number of likely N-dealkylation sites (N-methyl/N-ethyl adjacent to an activating group) is 1. The highest BCUT2D eigenvalue weighted by molar-refractivity contribution is 5.48. The van der Waals surface area contributed by atoms with Crippen molar-refractivity contribution in [2.45, 2.75) is 26.4 Å². The van der Waals surface area contributed by atoms with Crippen LogP contribution in [0.2, 0.25) is 0 Å². The summed E-state index contributed by atoms with van der Waals surface area (Å²) in [5.41, 5.74) is 1.57. The number of nitrogens with zero attached hydrogens (tertiary/aromatic N) is 1. The Morgan fingerprint density at radius 2 is 2.11 bits per heavy atom. The first-order valence-electron chi connectivity index (χ1n) is 6.26. The number of nitrogens with one attached hydrogen (secondary N) is 1. The molecule has 18 heavy (non-hydrogen) atoms. The molecule has 0 radical (unpaired) electrons. The van der Waals surface area contributed by atoms with Gasteiger partial charge in [0.2, 0.25) is 0 Å². The van der Waals surface area contributed by atoms with Gasteiger partial charge in [0, 0.05) is 33.3 Å². The molecule has 0 saturated heterocycles. The summed E-state index contributed by atoms with van der Waals surface area (Å²) in [5.74, 6) is -0.184. The average molecular weight is 254 g/mol. The van der Waals surface area contributed by atoms with Gasteiger partial charge in [0.05, 0.1) is 12.3 Å². The van der Waals surface area contributed by atoms with Gasteiger partial charge in [0.1, 0.15) is 5.82 Å². The highest BCUT2D eigenvalue weighted by Gasteiger charge is 2.08. The van der Waals surface area contributed by atoms with Gasteiger partial charge in [-0.15, -0.1) is 0 Å². The maximum atomic E-state index is 13.9. The summed E-state index contributed by atoms with van der Waals surface area (Å²) in [6.45, 7) is 6.10. The van der Waals surface area contributed by atoms with Gasteiger partial charge in [0.25, 0.3) is 0 Å². The molecule has 0 aliphatic carbocycles. The van der Waals surface area contributed by atoms with E-state index in [9.17, 15) is 4.39 Å². The van der Waals surface area contributed by atoms with Crippen LogP contribution >= 0.6 is 0 Å². The summed E-state index contributed by atoms with van der Waals surface area (Å²) in [7, 11) is 3.51. The molecule has 0 bridgehead atoms. The molecule has 0 fully saturated rings. The first kappa shape index (κ1) is 14.9. The van der Waals surface area contributed by atoms with Crippen LogP contribution in [0.1, 0.15) is 19.4 Å². The minimum absolute atomic E-state index is 0.184. The molecule has 0 aliphatic rings. The number of hydrogen-bond acceptors (Lipinski definition) is 3. The smallest absolute Gasteiger partial charge is 0.146 e. The van der Waals surface area contributed by atoms with Gasteiger partial charge in [-0.05, 0) is 17.7 Å². The number of hydrogen-bond donors (Lipinski definition) is 1. The van der Waals surface area contributed by atoms with Crippen LogP contribution in [-0.4, -0.2) is 33.4 Å². The molecule has 0 atom stereocenters. The van der Waals surface area contributed by atoms with E-state index in [1.54, 1.807) is 13.2 Å². The van der Waals surface area contributed by atoms with Crippen LogP contribution in [0, 0.1) is 5.82 Å². The first-order valence-corrected chi connectivity index (χ1v) is 6.26. The maximum Gasteiger partial charge on any atom is 0.146 e. The van der Waals surface area contributed by atoms with Gasteiger partial charge in [0.15, 0.2) is 0 Å². The van der Waals surface area contributed by atoms with Crippen LogP contribution in [0.3, 0.4) is 0 Å². The minimum Gasteiger partial charge on any atom is -0.383 e. The first-order chi connectivity index (χ1) is 8.54. The number of halogens is 1. The van der Waals surface area contributed by atoms with E-state index in [1.807, 2.05) is 24.1 Å². The predicted octanol–water partition coefficient (Wildman–Crippen LogP) is 2.41. The second-order valence-electron chi connectivity index (χ2n) is 4.74. The summed E-state index contributed by atoms with van der Waals surface area (Å²) in [5, 5.41) is 3.27. The van der Waals surface area contributed by atoms with Crippen molar-refractivity contribution >= 4 is 5.69 Å². The van der Waals surface area contributed by atoms with Gasteiger partial charge in [-0.1, -0.05) is 19.9 Å². The van der Waals surface area contributed by atoms with Crippen molar-refractivity contribution in [2.75, 3.05) is 32.2 Å². The van der Waals surface area contributed by atoms with Gasteiger partial charge in [-0.3, -0.25) is 0 Å². The van der Waals surface area contributed by atoms with Crippen molar-refractivity contribution in [2.24, 2.45) is 0 Å². The van der Waals surface area contributed by atoms with Crippen LogP contribution in [0.4, 0.5) is 10.1 Å². The van der Waals surface area contributed by atoms with Gasteiger partial charge in [-0.2, -0.15) is 0 Å². The molecule has 1 aromatic carbocycles. The number of methoxy groups -OCH3 is 1. The zero-order valence-corrected chi connectivity index (χ0v) is 11.7. The number of ether oxygens (including phenoxy) is 1. The molecule has 0 unspecified atom stereocenters. The van der Waals surface area contributed by atoms with Crippen LogP contribution in [0.25, 0.3) is 0 Å². The lowest BCUT2D eigenvalue weighted by Gasteiger charge is -2.20. The molecule has 0 amide bonds. The Balaban J connectivity index is 2.66. The highest BCUT2D eigenvalue weighted by Crippen LogP contribution is 2.19. The number of rotatable bonds is 7. The Hall–Kier alpha value is -1.13. The number of anilines is 1. The third-order valence-corrected chi connectivity index (χ3v) is 2.77. The molecule has 0 saturated carbocycles. The fourth-order valence-corrected chi connectivity index (χ4v) is 1.64. The van der Waals surface area contributed by atoms with E-state index >= 15 is 0 Å². The third-order valence-electron chi connectivity index (χ3n) is 2.77. The van der Waals surface area contributed by atoms with E-state index in [-0.39, 0.29) is 5.82 Å². The molecule has 0 aromatic heterocycles. The lowest BCUT2D eigenvalue weighted by molar-refractivity contribution is 0.206. The van der Waals surface area contributed by atoms with Gasteiger partial charge in [-0.25, -0.2) is 4.39 Å². The Morgan fingerprint density at radius 3 is 2.67 bits per heavy atom. The predicted molar refractivity (Wildman–Crippen MR) is 73.5 cm³/mol. The van der Waals surface area contributed by atoms with E-state index in [4.69, 9.17) is 4.74 Å². The lowest BCUT2D eigenvalue weighted by Crippen LogP contribution is -2.24. The summed E-state index contributed by atoms with van der Waals surface area (Å²) in [6.07, 6.45) is 0. The Labute approximate surface area is 109 Å². The second kappa shape index (κ2) is 7.34. The van der Waals surface area contributed by atoms with Crippen molar-refractivity contribution in [3.63, 3.8) is 0 Å². The van der Waals surface area contributed by atoms with E-state index in [0.717, 1.165) is 5.56 Å². The van der Waals surface area contributed by atoms with Crippen LogP contribution in [-0.2, 0) is 11.3 Å². The zero-order chi connectivity index (χ0) is 13.5. The topological polar surface area (TPSA) is 24.5 Å². The van der Waals surface area contributed by atoms with E-state index < -0.39 is 0 Å². The molecule has 102 valence electrons. The van der Waals surface area contributed by atoms with E-state index in [2.05, 4.69) is 19.2 Å². The second-order valence-corrected chi connectivity index (χ2v) is 4.74. The largest absolute Gasteiger partial charge is 0.383 e. The summed E-state index contributed by atoms with van der Waals surface area (Å²) in [6, 6.07) is 5.77. The summed E-state index contributed by atoms with van der Waals surface area (Å²) < 4.78 is 18.9. The molecule has 1 rings (SSSR count). The lowest BCUT2D eigenvalue weighted by atomic mass is 10.1. The standard InChI is InChI=1S/C14H23FN2O/c1-11(2)16-10-12-5-6-14(13(15)9-12)17(3)7-8-18-4/h5-6,9,11,16H,7-8,10H2,1-4H3. The SMILES string of the molecule is COCCN(C)c1ccc(CNC(C)C)cc1F. The van der Waals surface area contributed by atoms with Crippen molar-refractivity contribution in [1.82, 2.24) is 5.32 Å². The molecule has 1 N–H and O–H groups in total. The monoisotopic (exact) mass is 254 g/mol. The van der Waals surface area contributed by atoms with E-state index in [1.165, 1.54) is 0 Å². The summed E-state index contributed by atoms with van der Waals surface area (Å²) >= 11 is 0. The Bertz CT molecular complexity index is 369. The number of benzene rings is 1. The van der Waals surface area contributed by atoms with Crippen molar-refractivity contribution in [3.05, 3.63) is 29.6 Å². The average Bonchev–Trinajstić information content (AvgIpc) is 2.33. The Kier molecular flexibility index (Phi) is 6.09. The van der Waals surface area contributed by atoms with Crippen LogP contribution in [0.15, 0.2) is 18.2 Å². The van der Waals surface area contributed by atoms with Crippen LogP contribution < -0.4 is 10.2 Å². The molecule has 0 aliphatic heterocycles. The molecule has 1 aromatic rings. The van der Waals surface area contributed by atoms with Crippen molar-refractivity contribution in [1.29, 1.82) is 0 Å². The minimum atomic E-state index is -0.184. The molecule has 0 heterocycles. The fraction of sp³-hybridized carbons (Fsp3) is 0.571. The van der Waals surface area contributed by atoms with Crippen molar-refractivity contribution < 1.29 is 9.13 Å². The highest BCUT2D eigenvalue weighted by atomic mass is 19.1. The fourth-order valence-electron chi connectivity index (χ4n) is 1.64. The summed E-state index contributed by atoms with van der Waals surface area (Å²) in [4.78, 5) is 1.86. The van der Waals surface area contributed by atoms with Crippen molar-refractivity contribution in [3.8, 4) is 0 Å². The molecular formula is C14H23FN2O. The van der Waals surface area contributed by atoms with Gasteiger partial charge >= 0.3 is 0 Å².